The van der Waals surface area contributed by atoms with Crippen molar-refractivity contribution in [2.45, 2.75) is 20.1 Å². The third kappa shape index (κ3) is 4.56. The highest BCUT2D eigenvalue weighted by Gasteiger charge is 2.15. The first kappa shape index (κ1) is 19.2. The summed E-state index contributed by atoms with van der Waals surface area (Å²) in [4.78, 5) is 25.7. The van der Waals surface area contributed by atoms with E-state index in [1.54, 1.807) is 67.4 Å². The van der Waals surface area contributed by atoms with Gasteiger partial charge in [-0.05, 0) is 36.8 Å². The van der Waals surface area contributed by atoms with E-state index in [2.05, 4.69) is 5.16 Å². The van der Waals surface area contributed by atoms with Gasteiger partial charge in [0.15, 0.2) is 0 Å². The number of rotatable bonds is 7. The largest absolute Gasteiger partial charge is 0.488 e. The summed E-state index contributed by atoms with van der Waals surface area (Å²) in [5.74, 6) is 0.417. The molecule has 7 nitrogen and oxygen atoms in total. The first-order valence-electron chi connectivity index (χ1n) is 8.72. The van der Waals surface area contributed by atoms with Crippen LogP contribution >= 0.6 is 0 Å². The van der Waals surface area contributed by atoms with Crippen LogP contribution in [-0.2, 0) is 13.2 Å². The summed E-state index contributed by atoms with van der Waals surface area (Å²) in [6.07, 6.45) is 0. The van der Waals surface area contributed by atoms with Gasteiger partial charge in [-0.15, -0.1) is 0 Å². The lowest BCUT2D eigenvalue weighted by Gasteiger charge is -2.16. The number of hydrogen-bond acceptors (Lipinski definition) is 5. The number of ether oxygens (including phenoxy) is 1. The van der Waals surface area contributed by atoms with Gasteiger partial charge in [0.2, 0.25) is 0 Å². The molecule has 7 heteroatoms. The van der Waals surface area contributed by atoms with E-state index in [0.717, 1.165) is 5.56 Å². The molecule has 144 valence electrons. The van der Waals surface area contributed by atoms with E-state index < -0.39 is 5.91 Å². The molecule has 2 N–H and O–H groups in total. The van der Waals surface area contributed by atoms with E-state index in [9.17, 15) is 9.59 Å². The average molecular weight is 379 g/mol. The summed E-state index contributed by atoms with van der Waals surface area (Å²) in [6.45, 7) is 2.36. The Morgan fingerprint density at radius 2 is 1.93 bits per heavy atom. The number of carbonyl (C=O) groups is 2. The Balaban J connectivity index is 1.68. The van der Waals surface area contributed by atoms with E-state index in [-0.39, 0.29) is 12.5 Å². The number of nitrogens with two attached hydrogens (primary N) is 1. The maximum Gasteiger partial charge on any atom is 0.253 e. The molecule has 0 aliphatic carbocycles. The van der Waals surface area contributed by atoms with Gasteiger partial charge in [-0.2, -0.15) is 0 Å². The molecule has 0 aliphatic rings. The average Bonchev–Trinajstić information content (AvgIpc) is 3.10. The number of hydrogen-bond donors (Lipinski definition) is 1. The molecule has 28 heavy (non-hydrogen) atoms. The van der Waals surface area contributed by atoms with Gasteiger partial charge < -0.3 is 19.9 Å². The Morgan fingerprint density at radius 1 is 1.14 bits per heavy atom. The summed E-state index contributed by atoms with van der Waals surface area (Å²) in [5, 5.41) is 3.91. The van der Waals surface area contributed by atoms with Crippen LogP contribution in [-0.4, -0.2) is 28.9 Å². The molecule has 0 spiro atoms. The number of amides is 2. The summed E-state index contributed by atoms with van der Waals surface area (Å²) in [7, 11) is 1.71. The lowest BCUT2D eigenvalue weighted by atomic mass is 10.1. The van der Waals surface area contributed by atoms with Gasteiger partial charge in [0.1, 0.15) is 23.8 Å². The van der Waals surface area contributed by atoms with Crippen LogP contribution in [0.4, 0.5) is 0 Å². The number of primary amides is 1. The number of carbonyl (C=O) groups excluding carboxylic acids is 2. The number of nitrogens with zero attached hydrogens (tertiary/aromatic N) is 2. The van der Waals surface area contributed by atoms with Crippen molar-refractivity contribution in [2.24, 2.45) is 5.73 Å². The molecule has 0 saturated carbocycles. The summed E-state index contributed by atoms with van der Waals surface area (Å²) < 4.78 is 10.8. The Kier molecular flexibility index (Phi) is 5.74. The van der Waals surface area contributed by atoms with E-state index in [1.165, 1.54) is 0 Å². The maximum atomic E-state index is 12.7. The van der Waals surface area contributed by atoms with Crippen molar-refractivity contribution in [1.29, 1.82) is 0 Å². The van der Waals surface area contributed by atoms with E-state index in [1.807, 2.05) is 6.07 Å². The predicted molar refractivity (Wildman–Crippen MR) is 103 cm³/mol. The molecule has 0 unspecified atom stereocenters. The lowest BCUT2D eigenvalue weighted by molar-refractivity contribution is 0.0781. The minimum Gasteiger partial charge on any atom is -0.488 e. The first-order chi connectivity index (χ1) is 13.4. The maximum absolute atomic E-state index is 12.7. The van der Waals surface area contributed by atoms with Gasteiger partial charge >= 0.3 is 0 Å². The third-order valence-corrected chi connectivity index (χ3v) is 4.14. The molecule has 0 radical (unpaired) electrons. The number of para-hydroxylation sites is 1. The SMILES string of the molecule is Cc1cc(CN(C)C(=O)c2cccc(COc3ccccc3C(N)=O)c2)no1. The summed E-state index contributed by atoms with van der Waals surface area (Å²) in [5.41, 5.74) is 7.71. The highest BCUT2D eigenvalue weighted by atomic mass is 16.5. The van der Waals surface area contributed by atoms with Gasteiger partial charge in [0, 0.05) is 18.7 Å². The molecular formula is C21H21N3O4. The standard InChI is InChI=1S/C21H21N3O4/c1-14-10-17(23-28-14)12-24(2)21(26)16-7-5-6-15(11-16)13-27-19-9-4-3-8-18(19)20(22)25/h3-11H,12-13H2,1-2H3,(H2,22,25). The van der Waals surface area contributed by atoms with Crippen molar-refractivity contribution >= 4 is 11.8 Å². The normalized spacial score (nSPS) is 10.5. The van der Waals surface area contributed by atoms with Crippen LogP contribution in [0, 0.1) is 6.92 Å². The zero-order valence-corrected chi connectivity index (χ0v) is 15.7. The van der Waals surface area contributed by atoms with E-state index >= 15 is 0 Å². The monoisotopic (exact) mass is 379 g/mol. The van der Waals surface area contributed by atoms with Gasteiger partial charge in [-0.25, -0.2) is 0 Å². The third-order valence-electron chi connectivity index (χ3n) is 4.14. The van der Waals surface area contributed by atoms with Gasteiger partial charge in [-0.3, -0.25) is 9.59 Å². The fraction of sp³-hybridized carbons (Fsp3) is 0.190. The molecule has 2 amide bonds. The van der Waals surface area contributed by atoms with Crippen LogP contribution < -0.4 is 10.5 Å². The van der Waals surface area contributed by atoms with E-state index in [4.69, 9.17) is 15.0 Å². The van der Waals surface area contributed by atoms with E-state index in [0.29, 0.717) is 34.9 Å². The second kappa shape index (κ2) is 8.39. The predicted octanol–water partition coefficient (Wildman–Crippen LogP) is 2.93. The molecule has 3 rings (SSSR count). The van der Waals surface area contributed by atoms with Gasteiger partial charge in [0.25, 0.3) is 11.8 Å². The summed E-state index contributed by atoms with van der Waals surface area (Å²) in [6, 6.07) is 15.7. The van der Waals surface area contributed by atoms with Crippen molar-refractivity contribution in [3.05, 3.63) is 82.7 Å². The molecule has 0 saturated heterocycles. The van der Waals surface area contributed by atoms with Crippen molar-refractivity contribution in [3.8, 4) is 5.75 Å². The van der Waals surface area contributed by atoms with Crippen LogP contribution in [0.1, 0.15) is 37.7 Å². The summed E-state index contributed by atoms with van der Waals surface area (Å²) >= 11 is 0. The van der Waals surface area contributed by atoms with Crippen LogP contribution in [0.2, 0.25) is 0 Å². The minimum absolute atomic E-state index is 0.139. The smallest absolute Gasteiger partial charge is 0.253 e. The molecule has 0 fully saturated rings. The number of aryl methyl sites for hydroxylation is 1. The Hall–Kier alpha value is -3.61. The quantitative estimate of drug-likeness (QED) is 0.680. The fourth-order valence-electron chi connectivity index (χ4n) is 2.78. The first-order valence-corrected chi connectivity index (χ1v) is 8.72. The Labute approximate surface area is 162 Å². The zero-order valence-electron chi connectivity index (χ0n) is 15.7. The van der Waals surface area contributed by atoms with Crippen molar-refractivity contribution in [3.63, 3.8) is 0 Å². The minimum atomic E-state index is -0.552. The van der Waals surface area contributed by atoms with Gasteiger partial charge in [0.05, 0.1) is 12.1 Å². The van der Waals surface area contributed by atoms with Crippen molar-refractivity contribution in [1.82, 2.24) is 10.1 Å². The molecule has 1 heterocycles. The van der Waals surface area contributed by atoms with Crippen LogP contribution in [0.5, 0.6) is 5.75 Å². The van der Waals surface area contributed by atoms with Crippen LogP contribution in [0.15, 0.2) is 59.1 Å². The molecule has 0 bridgehead atoms. The Bertz CT molecular complexity index is 997. The molecule has 0 atom stereocenters. The second-order valence-corrected chi connectivity index (χ2v) is 6.44. The lowest BCUT2D eigenvalue weighted by Crippen LogP contribution is -2.26. The van der Waals surface area contributed by atoms with Crippen molar-refractivity contribution < 1.29 is 18.8 Å². The van der Waals surface area contributed by atoms with Crippen molar-refractivity contribution in [2.75, 3.05) is 7.05 Å². The highest BCUT2D eigenvalue weighted by molar-refractivity contribution is 5.95. The number of benzene rings is 2. The topological polar surface area (TPSA) is 98.7 Å². The fourth-order valence-corrected chi connectivity index (χ4v) is 2.78. The molecular weight excluding hydrogens is 358 g/mol. The highest BCUT2D eigenvalue weighted by Crippen LogP contribution is 2.19. The zero-order chi connectivity index (χ0) is 20.1. The second-order valence-electron chi connectivity index (χ2n) is 6.44. The van der Waals surface area contributed by atoms with Crippen LogP contribution in [0.3, 0.4) is 0 Å². The molecule has 3 aromatic rings. The van der Waals surface area contributed by atoms with Gasteiger partial charge in [-0.1, -0.05) is 29.4 Å². The molecule has 0 aliphatic heterocycles. The Morgan fingerprint density at radius 3 is 2.64 bits per heavy atom. The molecule has 1 aromatic heterocycles. The number of aromatic nitrogens is 1. The molecule has 2 aromatic carbocycles. The van der Waals surface area contributed by atoms with Crippen LogP contribution in [0.25, 0.3) is 0 Å².